The topological polar surface area (TPSA) is 50.7 Å². The lowest BCUT2D eigenvalue weighted by molar-refractivity contribution is 0.0531. The summed E-state index contributed by atoms with van der Waals surface area (Å²) in [7, 11) is 1.70. The van der Waals surface area contributed by atoms with Gasteiger partial charge in [0.2, 0.25) is 0 Å². The molecule has 2 rings (SSSR count). The van der Waals surface area contributed by atoms with Crippen molar-refractivity contribution in [2.75, 3.05) is 19.0 Å². The second kappa shape index (κ2) is 7.95. The van der Waals surface area contributed by atoms with E-state index in [-0.39, 0.29) is 5.97 Å². The number of carbonyl (C=O) groups is 1. The standard InChI is InChI=1S/C16H16BrClN2O2S/c1-4-22-16(21)13-9(2)12(17)15(23-13)20-14(19-3)10-6-5-7-11(18)8-10/h5-8H,4H2,1-3H3,(H,19,20). The van der Waals surface area contributed by atoms with Crippen LogP contribution in [0.1, 0.15) is 27.7 Å². The largest absolute Gasteiger partial charge is 0.462 e. The van der Waals surface area contributed by atoms with Crippen LogP contribution in [0.2, 0.25) is 5.02 Å². The maximum absolute atomic E-state index is 12.0. The van der Waals surface area contributed by atoms with Crippen molar-refractivity contribution in [2.24, 2.45) is 4.99 Å². The highest BCUT2D eigenvalue weighted by Gasteiger charge is 2.20. The molecule has 0 saturated heterocycles. The van der Waals surface area contributed by atoms with E-state index in [1.54, 1.807) is 14.0 Å². The molecule has 1 aromatic carbocycles. The summed E-state index contributed by atoms with van der Waals surface area (Å²) >= 11 is 10.9. The lowest BCUT2D eigenvalue weighted by Gasteiger charge is -2.08. The van der Waals surface area contributed by atoms with Crippen LogP contribution in [-0.2, 0) is 4.74 Å². The highest BCUT2D eigenvalue weighted by molar-refractivity contribution is 9.10. The molecule has 0 spiro atoms. The first-order chi connectivity index (χ1) is 11.0. The van der Waals surface area contributed by atoms with Crippen LogP contribution in [0, 0.1) is 6.92 Å². The Bertz CT molecular complexity index is 759. The molecule has 0 unspecified atom stereocenters. The number of ether oxygens (including phenoxy) is 1. The van der Waals surface area contributed by atoms with Gasteiger partial charge in [0, 0.05) is 17.6 Å². The fourth-order valence-electron chi connectivity index (χ4n) is 1.97. The van der Waals surface area contributed by atoms with E-state index in [4.69, 9.17) is 16.3 Å². The van der Waals surface area contributed by atoms with Crippen LogP contribution in [0.4, 0.5) is 5.00 Å². The number of hydrogen-bond donors (Lipinski definition) is 1. The van der Waals surface area contributed by atoms with E-state index in [0.717, 1.165) is 20.6 Å². The fourth-order valence-corrected chi connectivity index (χ4v) is 3.82. The molecule has 0 fully saturated rings. The third kappa shape index (κ3) is 4.13. The van der Waals surface area contributed by atoms with Crippen molar-refractivity contribution in [1.82, 2.24) is 0 Å². The number of esters is 1. The average molecular weight is 416 g/mol. The van der Waals surface area contributed by atoms with Crippen molar-refractivity contribution in [2.45, 2.75) is 13.8 Å². The third-order valence-electron chi connectivity index (χ3n) is 3.09. The Hall–Kier alpha value is -1.37. The van der Waals surface area contributed by atoms with Gasteiger partial charge in [-0.05, 0) is 47.5 Å². The van der Waals surface area contributed by atoms with Gasteiger partial charge in [0.05, 0.1) is 11.1 Å². The number of aliphatic imine (C=N–C) groups is 1. The first kappa shape index (κ1) is 18.0. The molecule has 1 N–H and O–H groups in total. The molecule has 1 heterocycles. The highest BCUT2D eigenvalue weighted by atomic mass is 79.9. The quantitative estimate of drug-likeness (QED) is 0.427. The molecule has 0 amide bonds. The summed E-state index contributed by atoms with van der Waals surface area (Å²) in [6.45, 7) is 4.01. The summed E-state index contributed by atoms with van der Waals surface area (Å²) in [4.78, 5) is 16.8. The van der Waals surface area contributed by atoms with E-state index in [1.165, 1.54) is 11.3 Å². The van der Waals surface area contributed by atoms with Crippen molar-refractivity contribution in [3.05, 3.63) is 49.8 Å². The van der Waals surface area contributed by atoms with Gasteiger partial charge in [-0.25, -0.2) is 4.79 Å². The zero-order chi connectivity index (χ0) is 17.0. The molecule has 7 heteroatoms. The number of nitrogens with one attached hydrogen (secondary N) is 1. The molecule has 23 heavy (non-hydrogen) atoms. The Morgan fingerprint density at radius 2 is 2.22 bits per heavy atom. The van der Waals surface area contributed by atoms with Crippen LogP contribution in [0.15, 0.2) is 33.7 Å². The Balaban J connectivity index is 2.32. The van der Waals surface area contributed by atoms with Gasteiger partial charge in [0.1, 0.15) is 15.7 Å². The Morgan fingerprint density at radius 3 is 2.83 bits per heavy atom. The molecule has 0 bridgehead atoms. The monoisotopic (exact) mass is 414 g/mol. The molecule has 0 saturated carbocycles. The number of benzene rings is 1. The molecule has 0 atom stereocenters. The number of rotatable bonds is 4. The van der Waals surface area contributed by atoms with E-state index in [9.17, 15) is 4.79 Å². The minimum atomic E-state index is -0.318. The van der Waals surface area contributed by atoms with E-state index in [1.807, 2.05) is 31.2 Å². The Morgan fingerprint density at radius 1 is 1.48 bits per heavy atom. The molecule has 0 aliphatic rings. The van der Waals surface area contributed by atoms with E-state index in [0.29, 0.717) is 22.3 Å². The summed E-state index contributed by atoms with van der Waals surface area (Å²) in [5, 5.41) is 4.69. The summed E-state index contributed by atoms with van der Waals surface area (Å²) < 4.78 is 5.91. The molecule has 122 valence electrons. The predicted molar refractivity (Wildman–Crippen MR) is 100 cm³/mol. The maximum Gasteiger partial charge on any atom is 0.348 e. The number of halogens is 2. The number of nitrogens with zero attached hydrogens (tertiary/aromatic N) is 1. The summed E-state index contributed by atoms with van der Waals surface area (Å²) in [6.07, 6.45) is 0. The lowest BCUT2D eigenvalue weighted by atomic mass is 10.2. The van der Waals surface area contributed by atoms with Crippen LogP contribution in [0.3, 0.4) is 0 Å². The van der Waals surface area contributed by atoms with Gasteiger partial charge in [-0.1, -0.05) is 23.7 Å². The van der Waals surface area contributed by atoms with Gasteiger partial charge in [0.15, 0.2) is 0 Å². The van der Waals surface area contributed by atoms with Gasteiger partial charge in [0.25, 0.3) is 0 Å². The number of hydrogen-bond acceptors (Lipinski definition) is 4. The second-order valence-electron chi connectivity index (χ2n) is 4.63. The second-order valence-corrected chi connectivity index (χ2v) is 6.88. The van der Waals surface area contributed by atoms with Gasteiger partial charge in [-0.3, -0.25) is 4.99 Å². The molecule has 0 aliphatic heterocycles. The molecule has 1 aromatic heterocycles. The Labute approximate surface area is 152 Å². The van der Waals surface area contributed by atoms with E-state index in [2.05, 4.69) is 26.2 Å². The number of thiophene rings is 1. The van der Waals surface area contributed by atoms with Crippen LogP contribution in [0.25, 0.3) is 0 Å². The SMILES string of the molecule is CCOC(=O)c1sc(NC(=NC)c2cccc(Cl)c2)c(Br)c1C. The summed E-state index contributed by atoms with van der Waals surface area (Å²) in [5.74, 6) is 0.353. The van der Waals surface area contributed by atoms with Gasteiger partial charge >= 0.3 is 5.97 Å². The summed E-state index contributed by atoms with van der Waals surface area (Å²) in [5.41, 5.74) is 1.72. The minimum absolute atomic E-state index is 0.318. The Kier molecular flexibility index (Phi) is 6.21. The fraction of sp³-hybridized carbons (Fsp3) is 0.250. The van der Waals surface area contributed by atoms with Gasteiger partial charge in [-0.15, -0.1) is 11.3 Å². The highest BCUT2D eigenvalue weighted by Crippen LogP contribution is 2.38. The average Bonchev–Trinajstić information content (AvgIpc) is 2.81. The maximum atomic E-state index is 12.0. The van der Waals surface area contributed by atoms with Crippen molar-refractivity contribution in [1.29, 1.82) is 0 Å². The smallest absolute Gasteiger partial charge is 0.348 e. The number of anilines is 1. The first-order valence-electron chi connectivity index (χ1n) is 6.93. The molecule has 2 aromatic rings. The summed E-state index contributed by atoms with van der Waals surface area (Å²) in [6, 6.07) is 7.42. The molecule has 0 aliphatic carbocycles. The van der Waals surface area contributed by atoms with Crippen LogP contribution in [-0.4, -0.2) is 25.5 Å². The zero-order valence-electron chi connectivity index (χ0n) is 12.9. The molecular formula is C16H16BrClN2O2S. The zero-order valence-corrected chi connectivity index (χ0v) is 16.1. The van der Waals surface area contributed by atoms with Crippen molar-refractivity contribution in [3.63, 3.8) is 0 Å². The number of amidine groups is 1. The molecule has 4 nitrogen and oxygen atoms in total. The van der Waals surface area contributed by atoms with Crippen LogP contribution < -0.4 is 5.32 Å². The van der Waals surface area contributed by atoms with Crippen molar-refractivity contribution in [3.8, 4) is 0 Å². The minimum Gasteiger partial charge on any atom is -0.462 e. The van der Waals surface area contributed by atoms with Gasteiger partial charge in [-0.2, -0.15) is 0 Å². The van der Waals surface area contributed by atoms with Crippen LogP contribution in [0.5, 0.6) is 0 Å². The van der Waals surface area contributed by atoms with Crippen molar-refractivity contribution < 1.29 is 9.53 Å². The van der Waals surface area contributed by atoms with Crippen molar-refractivity contribution >= 4 is 55.7 Å². The van der Waals surface area contributed by atoms with Gasteiger partial charge < -0.3 is 10.1 Å². The normalized spacial score (nSPS) is 11.4. The first-order valence-corrected chi connectivity index (χ1v) is 8.92. The molecular weight excluding hydrogens is 400 g/mol. The third-order valence-corrected chi connectivity index (χ3v) is 5.76. The lowest BCUT2D eigenvalue weighted by Crippen LogP contribution is -2.12. The van der Waals surface area contributed by atoms with Crippen LogP contribution >= 0.6 is 38.9 Å². The van der Waals surface area contributed by atoms with E-state index < -0.39 is 0 Å². The molecule has 0 radical (unpaired) electrons. The predicted octanol–water partition coefficient (Wildman–Crippen LogP) is 5.14. The van der Waals surface area contributed by atoms with E-state index >= 15 is 0 Å². The number of carbonyl (C=O) groups excluding carboxylic acids is 1.